The third-order valence-electron chi connectivity index (χ3n) is 7.47. The van der Waals surface area contributed by atoms with Crippen molar-refractivity contribution in [2.24, 2.45) is 0 Å². The second kappa shape index (κ2) is 7.40. The van der Waals surface area contributed by atoms with Crippen LogP contribution < -0.4 is 4.74 Å². The first-order valence-electron chi connectivity index (χ1n) is 11.5. The Kier molecular flexibility index (Phi) is 4.49. The van der Waals surface area contributed by atoms with E-state index < -0.39 is 6.04 Å². The van der Waals surface area contributed by atoms with Crippen molar-refractivity contribution in [1.29, 1.82) is 0 Å². The van der Waals surface area contributed by atoms with Gasteiger partial charge in [-0.2, -0.15) is 0 Å². The van der Waals surface area contributed by atoms with E-state index in [2.05, 4.69) is 17.1 Å². The first-order chi connectivity index (χ1) is 15.7. The maximum absolute atomic E-state index is 13.8. The van der Waals surface area contributed by atoms with E-state index in [9.17, 15) is 9.59 Å². The monoisotopic (exact) mass is 429 g/mol. The van der Waals surface area contributed by atoms with Gasteiger partial charge >= 0.3 is 0 Å². The van der Waals surface area contributed by atoms with Crippen LogP contribution in [0.15, 0.2) is 48.5 Å². The summed E-state index contributed by atoms with van der Waals surface area (Å²) < 4.78 is 5.47. The minimum atomic E-state index is -0.472. The Morgan fingerprint density at radius 2 is 1.84 bits per heavy atom. The number of hydrogen-bond acceptors (Lipinski definition) is 3. The molecular formula is C26H27N3O3. The van der Waals surface area contributed by atoms with Gasteiger partial charge in [-0.05, 0) is 42.2 Å². The van der Waals surface area contributed by atoms with Crippen LogP contribution in [0.1, 0.15) is 48.5 Å². The molecule has 3 aliphatic rings. The molecule has 1 N–H and O–H groups in total. The predicted molar refractivity (Wildman–Crippen MR) is 121 cm³/mol. The fourth-order valence-electron chi connectivity index (χ4n) is 5.97. The molecule has 2 fully saturated rings. The number of carbonyl (C=O) groups excluding carboxylic acids is 2. The Hall–Kier alpha value is -3.28. The second-order valence-electron chi connectivity index (χ2n) is 9.17. The molecule has 1 unspecified atom stereocenters. The summed E-state index contributed by atoms with van der Waals surface area (Å²) in [7, 11) is 1.65. The van der Waals surface area contributed by atoms with Crippen molar-refractivity contribution in [3.8, 4) is 5.75 Å². The van der Waals surface area contributed by atoms with E-state index in [1.165, 1.54) is 0 Å². The number of methoxy groups -OCH3 is 1. The maximum atomic E-state index is 13.8. The van der Waals surface area contributed by atoms with Crippen LogP contribution in [0, 0.1) is 0 Å². The lowest BCUT2D eigenvalue weighted by Gasteiger charge is -2.48. The molecule has 6 nitrogen and oxygen atoms in total. The number of carbonyl (C=O) groups is 2. The minimum Gasteiger partial charge on any atom is -0.497 e. The zero-order valence-electron chi connectivity index (χ0n) is 18.2. The minimum absolute atomic E-state index is 0.0265. The Labute approximate surface area is 187 Å². The number of H-pyrrole nitrogens is 1. The lowest BCUT2D eigenvalue weighted by molar-refractivity contribution is -0.160. The molecule has 1 saturated heterocycles. The van der Waals surface area contributed by atoms with Crippen molar-refractivity contribution in [2.75, 3.05) is 13.7 Å². The van der Waals surface area contributed by atoms with Gasteiger partial charge in [-0.1, -0.05) is 43.2 Å². The van der Waals surface area contributed by atoms with Crippen LogP contribution in [-0.4, -0.2) is 52.3 Å². The second-order valence-corrected chi connectivity index (χ2v) is 9.17. The highest BCUT2D eigenvalue weighted by molar-refractivity contribution is 5.97. The zero-order valence-corrected chi connectivity index (χ0v) is 18.2. The van der Waals surface area contributed by atoms with Gasteiger partial charge in [0, 0.05) is 29.1 Å². The average molecular weight is 430 g/mol. The highest BCUT2D eigenvalue weighted by Crippen LogP contribution is 2.43. The highest BCUT2D eigenvalue weighted by Gasteiger charge is 2.49. The first kappa shape index (κ1) is 19.4. The Morgan fingerprint density at radius 3 is 2.66 bits per heavy atom. The maximum Gasteiger partial charge on any atom is 0.246 e. The molecule has 2 aliphatic heterocycles. The van der Waals surface area contributed by atoms with Crippen molar-refractivity contribution >= 4 is 22.7 Å². The van der Waals surface area contributed by atoms with Gasteiger partial charge in [0.2, 0.25) is 11.8 Å². The number of nitrogens with one attached hydrogen (secondary N) is 1. The largest absolute Gasteiger partial charge is 0.497 e. The van der Waals surface area contributed by atoms with Crippen LogP contribution in [0.5, 0.6) is 5.75 Å². The molecule has 2 aromatic carbocycles. The van der Waals surface area contributed by atoms with Gasteiger partial charge in [-0.15, -0.1) is 0 Å². The third-order valence-corrected chi connectivity index (χ3v) is 7.47. The lowest BCUT2D eigenvalue weighted by atomic mass is 9.86. The molecule has 32 heavy (non-hydrogen) atoms. The number of nitrogens with zero attached hydrogens (tertiary/aromatic N) is 2. The van der Waals surface area contributed by atoms with E-state index in [0.717, 1.165) is 59.2 Å². The number of rotatable bonds is 3. The van der Waals surface area contributed by atoms with E-state index in [1.807, 2.05) is 46.2 Å². The number of ether oxygens (including phenoxy) is 1. The van der Waals surface area contributed by atoms with E-state index >= 15 is 0 Å². The van der Waals surface area contributed by atoms with Crippen molar-refractivity contribution in [1.82, 2.24) is 14.8 Å². The molecule has 0 radical (unpaired) electrons. The normalized spacial score (nSPS) is 23.5. The van der Waals surface area contributed by atoms with Gasteiger partial charge in [0.15, 0.2) is 0 Å². The third kappa shape index (κ3) is 2.85. The average Bonchev–Trinajstić information content (AvgIpc) is 3.48. The smallest absolute Gasteiger partial charge is 0.246 e. The molecule has 6 rings (SSSR count). The van der Waals surface area contributed by atoms with Gasteiger partial charge in [0.05, 0.1) is 13.2 Å². The quantitative estimate of drug-likeness (QED) is 0.689. The van der Waals surface area contributed by atoms with E-state index in [4.69, 9.17) is 4.74 Å². The highest BCUT2D eigenvalue weighted by atomic mass is 16.5. The molecule has 3 heterocycles. The van der Waals surface area contributed by atoms with Crippen LogP contribution in [0.3, 0.4) is 0 Å². The molecule has 0 bridgehead atoms. The molecule has 164 valence electrons. The number of amides is 2. The summed E-state index contributed by atoms with van der Waals surface area (Å²) in [6, 6.07) is 15.4. The molecule has 1 aromatic heterocycles. The van der Waals surface area contributed by atoms with Crippen LogP contribution in [0.25, 0.3) is 10.9 Å². The number of benzene rings is 2. The first-order valence-corrected chi connectivity index (χ1v) is 11.5. The van der Waals surface area contributed by atoms with Crippen LogP contribution >= 0.6 is 0 Å². The molecule has 1 saturated carbocycles. The Balaban J connectivity index is 1.51. The standard InChI is InChI=1S/C26H27N3O3/c1-32-18-10-6-7-16(13-18)25-24-20(19-11-4-5-12-21(19)27-24)14-22-26(31)28(15-23(30)29(22)25)17-8-2-3-9-17/h4-7,10-13,17,22,25,27H,2-3,8-9,14-15H2,1H3/t22-,25?/m0/s1. The molecular weight excluding hydrogens is 402 g/mol. The topological polar surface area (TPSA) is 65.6 Å². The number of para-hydroxylation sites is 1. The molecule has 2 atom stereocenters. The molecule has 0 spiro atoms. The molecule has 2 amide bonds. The van der Waals surface area contributed by atoms with E-state index in [1.54, 1.807) is 7.11 Å². The van der Waals surface area contributed by atoms with Crippen molar-refractivity contribution < 1.29 is 14.3 Å². The number of piperazine rings is 1. The van der Waals surface area contributed by atoms with E-state index in [-0.39, 0.29) is 30.4 Å². The number of hydrogen-bond donors (Lipinski definition) is 1. The van der Waals surface area contributed by atoms with Crippen LogP contribution in [0.2, 0.25) is 0 Å². The zero-order chi connectivity index (χ0) is 21.8. The van der Waals surface area contributed by atoms with Gasteiger partial charge in [0.1, 0.15) is 18.3 Å². The van der Waals surface area contributed by atoms with E-state index in [0.29, 0.717) is 6.42 Å². The fourth-order valence-corrected chi connectivity index (χ4v) is 5.97. The summed E-state index contributed by atoms with van der Waals surface area (Å²) in [6.07, 6.45) is 4.83. The molecule has 1 aliphatic carbocycles. The summed E-state index contributed by atoms with van der Waals surface area (Å²) in [4.78, 5) is 34.6. The van der Waals surface area contributed by atoms with Crippen molar-refractivity contribution in [3.63, 3.8) is 0 Å². The van der Waals surface area contributed by atoms with Crippen LogP contribution in [0.4, 0.5) is 0 Å². The van der Waals surface area contributed by atoms with Crippen molar-refractivity contribution in [2.45, 2.75) is 50.2 Å². The molecule has 6 heteroatoms. The van der Waals surface area contributed by atoms with Gasteiger partial charge in [-0.3, -0.25) is 9.59 Å². The summed E-state index contributed by atoms with van der Waals surface area (Å²) in [6.45, 7) is 0.177. The van der Waals surface area contributed by atoms with Gasteiger partial charge in [-0.25, -0.2) is 0 Å². The molecule has 3 aromatic rings. The fraction of sp³-hybridized carbons (Fsp3) is 0.385. The number of aromatic amines is 1. The number of aromatic nitrogens is 1. The summed E-state index contributed by atoms with van der Waals surface area (Å²) in [5, 5.41) is 1.13. The summed E-state index contributed by atoms with van der Waals surface area (Å²) in [5.41, 5.74) is 4.14. The number of fused-ring (bicyclic) bond motifs is 4. The van der Waals surface area contributed by atoms with Crippen LogP contribution in [-0.2, 0) is 16.0 Å². The summed E-state index contributed by atoms with van der Waals surface area (Å²) >= 11 is 0. The van der Waals surface area contributed by atoms with Gasteiger partial charge in [0.25, 0.3) is 0 Å². The SMILES string of the molecule is COc1cccc(C2c3[nH]c4ccccc4c3C[C@H]3C(=O)N(C4CCCC4)CC(=O)N23)c1. The predicted octanol–water partition coefficient (Wildman–Crippen LogP) is 3.80. The lowest BCUT2D eigenvalue weighted by Crippen LogP contribution is -2.64. The summed E-state index contributed by atoms with van der Waals surface area (Å²) in [5.74, 6) is 0.865. The van der Waals surface area contributed by atoms with Gasteiger partial charge < -0.3 is 19.5 Å². The van der Waals surface area contributed by atoms with Crippen molar-refractivity contribution in [3.05, 3.63) is 65.4 Å². The Bertz CT molecular complexity index is 1210. The Morgan fingerprint density at radius 1 is 1.03 bits per heavy atom.